The van der Waals surface area contributed by atoms with Crippen LogP contribution in [0.25, 0.3) is 0 Å². The molecule has 10 heteroatoms. The number of benzene rings is 1. The van der Waals surface area contributed by atoms with Gasteiger partial charge in [0.1, 0.15) is 0 Å². The van der Waals surface area contributed by atoms with Gasteiger partial charge in [-0.15, -0.1) is 0 Å². The quantitative estimate of drug-likeness (QED) is 0.843. The number of carbonyl (C=O) groups is 1. The predicted molar refractivity (Wildman–Crippen MR) is 68.3 cm³/mol. The maximum absolute atomic E-state index is 12.7. The predicted octanol–water partition coefficient (Wildman–Crippen LogP) is 4.10. The van der Waals surface area contributed by atoms with Crippen LogP contribution in [0, 0.1) is 11.3 Å². The molecule has 0 aliphatic carbocycles. The summed E-state index contributed by atoms with van der Waals surface area (Å²) in [6, 6.07) is 1.62. The summed E-state index contributed by atoms with van der Waals surface area (Å²) in [5.74, 6) is 0. The number of nitrogens with zero attached hydrogens (tertiary/aromatic N) is 2. The van der Waals surface area contributed by atoms with Gasteiger partial charge >= 0.3 is 18.4 Å². The van der Waals surface area contributed by atoms with E-state index in [-0.39, 0.29) is 19.0 Å². The van der Waals surface area contributed by atoms with Crippen LogP contribution in [0.5, 0.6) is 0 Å². The maximum Gasteiger partial charge on any atom is 0.416 e. The summed E-state index contributed by atoms with van der Waals surface area (Å²) in [7, 11) is 1.25. The van der Waals surface area contributed by atoms with Crippen molar-refractivity contribution in [3.05, 3.63) is 29.3 Å². The number of hydrogen-bond acceptors (Lipinski definition) is 2. The average molecular weight is 339 g/mol. The van der Waals surface area contributed by atoms with E-state index in [1.165, 1.54) is 7.05 Å². The molecule has 0 radical (unpaired) electrons. The van der Waals surface area contributed by atoms with Gasteiger partial charge in [0.25, 0.3) is 0 Å². The standard InChI is InChI=1S/C13H11F6N3O/c1-22(4-2-3-20)11(23)21-10-6-8(12(14,15)16)5-9(7-10)13(17,18)19/h5-7H,2,4H2,1H3,(H,21,23). The number of amides is 2. The van der Waals surface area contributed by atoms with Gasteiger partial charge in [0.05, 0.1) is 23.6 Å². The zero-order valence-corrected chi connectivity index (χ0v) is 11.7. The molecule has 1 aromatic carbocycles. The Morgan fingerprint density at radius 3 is 2.00 bits per heavy atom. The van der Waals surface area contributed by atoms with Crippen molar-refractivity contribution in [2.45, 2.75) is 18.8 Å². The topological polar surface area (TPSA) is 56.1 Å². The molecule has 1 aromatic rings. The number of nitriles is 1. The van der Waals surface area contributed by atoms with E-state index < -0.39 is 35.2 Å². The minimum Gasteiger partial charge on any atom is -0.327 e. The number of hydrogen-bond donors (Lipinski definition) is 1. The Balaban J connectivity index is 3.11. The van der Waals surface area contributed by atoms with Crippen molar-refractivity contribution in [2.24, 2.45) is 0 Å². The summed E-state index contributed by atoms with van der Waals surface area (Å²) in [5.41, 5.74) is -3.69. The van der Waals surface area contributed by atoms with Crippen LogP contribution in [-0.4, -0.2) is 24.5 Å². The second-order valence-electron chi connectivity index (χ2n) is 4.55. The van der Waals surface area contributed by atoms with Crippen LogP contribution in [0.15, 0.2) is 18.2 Å². The summed E-state index contributed by atoms with van der Waals surface area (Å²) in [4.78, 5) is 12.7. The highest BCUT2D eigenvalue weighted by molar-refractivity contribution is 5.89. The first-order valence-electron chi connectivity index (χ1n) is 6.13. The largest absolute Gasteiger partial charge is 0.416 e. The van der Waals surface area contributed by atoms with Crippen LogP contribution in [-0.2, 0) is 12.4 Å². The molecule has 0 fully saturated rings. The SMILES string of the molecule is CN(CCC#N)C(=O)Nc1cc(C(F)(F)F)cc(C(F)(F)F)c1. The van der Waals surface area contributed by atoms with E-state index in [1.807, 2.05) is 5.32 Å². The molecular weight excluding hydrogens is 328 g/mol. The van der Waals surface area contributed by atoms with Gasteiger partial charge in [0, 0.05) is 19.3 Å². The Kier molecular flexibility index (Phi) is 5.47. The maximum atomic E-state index is 12.7. The Bertz CT molecular complexity index is 585. The van der Waals surface area contributed by atoms with Gasteiger partial charge in [0.2, 0.25) is 0 Å². The molecule has 0 saturated heterocycles. The fourth-order valence-electron chi connectivity index (χ4n) is 1.57. The van der Waals surface area contributed by atoms with Crippen molar-refractivity contribution in [2.75, 3.05) is 18.9 Å². The van der Waals surface area contributed by atoms with E-state index in [1.54, 1.807) is 6.07 Å². The first kappa shape index (κ1) is 18.6. The van der Waals surface area contributed by atoms with Crippen molar-refractivity contribution in [1.29, 1.82) is 5.26 Å². The number of halogens is 6. The highest BCUT2D eigenvalue weighted by atomic mass is 19.4. The van der Waals surface area contributed by atoms with Gasteiger partial charge in [-0.25, -0.2) is 4.79 Å². The van der Waals surface area contributed by atoms with Crippen LogP contribution < -0.4 is 5.32 Å². The first-order chi connectivity index (χ1) is 10.4. The normalized spacial score (nSPS) is 11.7. The van der Waals surface area contributed by atoms with Gasteiger partial charge in [-0.05, 0) is 18.2 Å². The molecule has 0 saturated carbocycles. The van der Waals surface area contributed by atoms with Crippen LogP contribution in [0.1, 0.15) is 17.5 Å². The van der Waals surface area contributed by atoms with Gasteiger partial charge < -0.3 is 10.2 Å². The fraction of sp³-hybridized carbons (Fsp3) is 0.385. The Labute approximate surface area is 127 Å². The van der Waals surface area contributed by atoms with E-state index in [2.05, 4.69) is 0 Å². The smallest absolute Gasteiger partial charge is 0.327 e. The van der Waals surface area contributed by atoms with E-state index >= 15 is 0 Å². The van der Waals surface area contributed by atoms with Crippen molar-refractivity contribution >= 4 is 11.7 Å². The minimum atomic E-state index is -4.99. The van der Waals surface area contributed by atoms with Crippen molar-refractivity contribution in [3.8, 4) is 6.07 Å². The molecule has 0 aliphatic heterocycles. The summed E-state index contributed by atoms with van der Waals surface area (Å²) in [6.45, 7) is -0.0204. The van der Waals surface area contributed by atoms with E-state index in [0.29, 0.717) is 12.1 Å². The van der Waals surface area contributed by atoms with Crippen LogP contribution in [0.2, 0.25) is 0 Å². The molecule has 0 atom stereocenters. The highest BCUT2D eigenvalue weighted by Gasteiger charge is 2.37. The lowest BCUT2D eigenvalue weighted by Gasteiger charge is -2.18. The summed E-state index contributed by atoms with van der Waals surface area (Å²) in [5, 5.41) is 10.3. The lowest BCUT2D eigenvalue weighted by Crippen LogP contribution is -2.32. The molecule has 4 nitrogen and oxygen atoms in total. The Morgan fingerprint density at radius 1 is 1.13 bits per heavy atom. The molecule has 0 aliphatic rings. The van der Waals surface area contributed by atoms with Gasteiger partial charge in [0.15, 0.2) is 0 Å². The second kappa shape index (κ2) is 6.76. The fourth-order valence-corrected chi connectivity index (χ4v) is 1.57. The number of carbonyl (C=O) groups excluding carboxylic acids is 1. The summed E-state index contributed by atoms with van der Waals surface area (Å²) >= 11 is 0. The van der Waals surface area contributed by atoms with Crippen LogP contribution in [0.4, 0.5) is 36.8 Å². The van der Waals surface area contributed by atoms with Gasteiger partial charge in [-0.1, -0.05) is 0 Å². The number of anilines is 1. The second-order valence-corrected chi connectivity index (χ2v) is 4.55. The van der Waals surface area contributed by atoms with Crippen molar-refractivity contribution in [3.63, 3.8) is 0 Å². The zero-order valence-electron chi connectivity index (χ0n) is 11.7. The molecule has 0 spiro atoms. The number of nitrogens with one attached hydrogen (secondary N) is 1. The molecule has 1 N–H and O–H groups in total. The number of rotatable bonds is 3. The molecule has 126 valence electrons. The lowest BCUT2D eigenvalue weighted by atomic mass is 10.1. The molecule has 0 aromatic heterocycles. The third kappa shape index (κ3) is 5.36. The Morgan fingerprint density at radius 2 is 1.61 bits per heavy atom. The number of urea groups is 1. The third-order valence-corrected chi connectivity index (χ3v) is 2.74. The monoisotopic (exact) mass is 339 g/mol. The summed E-state index contributed by atoms with van der Waals surface area (Å²) in [6.07, 6.45) is -10.0. The summed E-state index contributed by atoms with van der Waals surface area (Å²) < 4.78 is 76.0. The highest BCUT2D eigenvalue weighted by Crippen LogP contribution is 2.37. The molecule has 0 unspecified atom stereocenters. The van der Waals surface area contributed by atoms with E-state index in [4.69, 9.17) is 5.26 Å². The van der Waals surface area contributed by atoms with E-state index in [0.717, 1.165) is 4.90 Å². The third-order valence-electron chi connectivity index (χ3n) is 2.74. The number of alkyl halides is 6. The molecule has 23 heavy (non-hydrogen) atoms. The molecule has 1 rings (SSSR count). The molecular formula is C13H11F6N3O. The zero-order chi connectivity index (χ0) is 17.8. The molecule has 0 bridgehead atoms. The van der Waals surface area contributed by atoms with Crippen molar-refractivity contribution < 1.29 is 31.1 Å². The molecule has 0 heterocycles. The lowest BCUT2D eigenvalue weighted by molar-refractivity contribution is -0.143. The molecule has 2 amide bonds. The van der Waals surface area contributed by atoms with Crippen LogP contribution in [0.3, 0.4) is 0 Å². The Hall–Kier alpha value is -2.44. The van der Waals surface area contributed by atoms with Gasteiger partial charge in [-0.3, -0.25) is 0 Å². The van der Waals surface area contributed by atoms with Gasteiger partial charge in [-0.2, -0.15) is 31.6 Å². The van der Waals surface area contributed by atoms with Crippen molar-refractivity contribution in [1.82, 2.24) is 4.90 Å². The van der Waals surface area contributed by atoms with Crippen LogP contribution >= 0.6 is 0 Å². The van der Waals surface area contributed by atoms with E-state index in [9.17, 15) is 31.1 Å². The minimum absolute atomic E-state index is 0.0204. The first-order valence-corrected chi connectivity index (χ1v) is 6.13. The average Bonchev–Trinajstić information content (AvgIpc) is 2.42.